The number of carbonyl (C=O) groups is 1. The van der Waals surface area contributed by atoms with Gasteiger partial charge in [0.2, 0.25) is 0 Å². The zero-order valence-electron chi connectivity index (χ0n) is 7.23. The second-order valence-electron chi connectivity index (χ2n) is 2.97. The quantitative estimate of drug-likeness (QED) is 0.532. The summed E-state index contributed by atoms with van der Waals surface area (Å²) in [6.45, 7) is 1.59. The lowest BCUT2D eigenvalue weighted by Gasteiger charge is -2.01. The van der Waals surface area contributed by atoms with E-state index in [4.69, 9.17) is 0 Å². The third-order valence-electron chi connectivity index (χ3n) is 1.91. The van der Waals surface area contributed by atoms with E-state index in [1.165, 1.54) is 19.2 Å². The van der Waals surface area contributed by atoms with E-state index in [1.807, 2.05) is 0 Å². The van der Waals surface area contributed by atoms with Crippen molar-refractivity contribution in [1.82, 2.24) is 14.7 Å². The van der Waals surface area contributed by atoms with Gasteiger partial charge in [-0.25, -0.2) is 4.68 Å². The van der Waals surface area contributed by atoms with E-state index in [0.717, 1.165) is 17.8 Å². The minimum atomic E-state index is -0.206. The molecule has 5 heteroatoms. The molecular weight excluding hydrogens is 170 g/mol. The molecule has 0 saturated carbocycles. The van der Waals surface area contributed by atoms with Crippen LogP contribution in [0.3, 0.4) is 0 Å². The van der Waals surface area contributed by atoms with Gasteiger partial charge < -0.3 is 4.90 Å². The first kappa shape index (κ1) is 7.97. The topological polar surface area (TPSA) is 55.0 Å². The molecule has 1 aromatic heterocycles. The van der Waals surface area contributed by atoms with Gasteiger partial charge >= 0.3 is 0 Å². The molecule has 0 unspecified atom stereocenters. The SMILES string of the molecule is Cn1nc(C(=O)N2CC2)ccc1=O. The number of amides is 1. The van der Waals surface area contributed by atoms with E-state index >= 15 is 0 Å². The number of aromatic nitrogens is 2. The molecule has 2 heterocycles. The number of hydrogen-bond acceptors (Lipinski definition) is 3. The molecule has 68 valence electrons. The first-order valence-corrected chi connectivity index (χ1v) is 4.02. The maximum atomic E-state index is 11.4. The third-order valence-corrected chi connectivity index (χ3v) is 1.91. The molecule has 0 N–H and O–H groups in total. The predicted octanol–water partition coefficient (Wildman–Crippen LogP) is -0.764. The van der Waals surface area contributed by atoms with Crippen LogP contribution in [0.1, 0.15) is 10.5 Å². The van der Waals surface area contributed by atoms with Crippen LogP contribution in [0.25, 0.3) is 0 Å². The highest BCUT2D eigenvalue weighted by Gasteiger charge is 2.26. The average molecular weight is 179 g/mol. The zero-order valence-corrected chi connectivity index (χ0v) is 7.23. The summed E-state index contributed by atoms with van der Waals surface area (Å²) < 4.78 is 1.16. The van der Waals surface area contributed by atoms with E-state index in [-0.39, 0.29) is 11.5 Å². The Balaban J connectivity index is 2.35. The molecule has 1 fully saturated rings. The number of aryl methyl sites for hydroxylation is 1. The van der Waals surface area contributed by atoms with Gasteiger partial charge in [0, 0.05) is 26.2 Å². The Kier molecular flexibility index (Phi) is 1.65. The van der Waals surface area contributed by atoms with Crippen LogP contribution in [0, 0.1) is 0 Å². The van der Waals surface area contributed by atoms with E-state index in [1.54, 1.807) is 4.90 Å². The van der Waals surface area contributed by atoms with Crippen molar-refractivity contribution in [2.24, 2.45) is 7.05 Å². The largest absolute Gasteiger partial charge is 0.334 e. The molecule has 1 aromatic rings. The minimum absolute atomic E-state index is 0.101. The number of rotatable bonds is 1. The Bertz CT molecular complexity index is 406. The molecule has 0 radical (unpaired) electrons. The molecule has 1 amide bonds. The Morgan fingerprint density at radius 2 is 2.15 bits per heavy atom. The van der Waals surface area contributed by atoms with Gasteiger partial charge in [-0.3, -0.25) is 9.59 Å². The molecule has 0 spiro atoms. The average Bonchev–Trinajstić information content (AvgIpc) is 2.91. The Morgan fingerprint density at radius 1 is 1.46 bits per heavy atom. The molecule has 0 aromatic carbocycles. The number of carbonyl (C=O) groups excluding carboxylic acids is 1. The van der Waals surface area contributed by atoms with Gasteiger partial charge in [0.05, 0.1) is 0 Å². The summed E-state index contributed by atoms with van der Waals surface area (Å²) >= 11 is 0. The van der Waals surface area contributed by atoms with Crippen LogP contribution in [0.15, 0.2) is 16.9 Å². The molecule has 1 aliphatic rings. The summed E-state index contributed by atoms with van der Waals surface area (Å²) in [5, 5.41) is 3.85. The Morgan fingerprint density at radius 3 is 2.69 bits per heavy atom. The van der Waals surface area contributed by atoms with Crippen LogP contribution < -0.4 is 5.56 Å². The first-order chi connectivity index (χ1) is 6.18. The fourth-order valence-corrected chi connectivity index (χ4v) is 1.03. The van der Waals surface area contributed by atoms with Crippen LogP contribution >= 0.6 is 0 Å². The monoisotopic (exact) mass is 179 g/mol. The number of nitrogens with zero attached hydrogens (tertiary/aromatic N) is 3. The summed E-state index contributed by atoms with van der Waals surface area (Å²) in [5.74, 6) is -0.101. The van der Waals surface area contributed by atoms with Gasteiger partial charge in [-0.2, -0.15) is 5.10 Å². The van der Waals surface area contributed by atoms with Gasteiger partial charge in [0.25, 0.3) is 11.5 Å². The summed E-state index contributed by atoms with van der Waals surface area (Å²) in [4.78, 5) is 24.0. The normalized spacial score (nSPS) is 14.4. The van der Waals surface area contributed by atoms with Crippen molar-refractivity contribution in [3.8, 4) is 0 Å². The van der Waals surface area contributed by atoms with Crippen molar-refractivity contribution < 1.29 is 4.79 Å². The van der Waals surface area contributed by atoms with Crippen molar-refractivity contribution in [3.05, 3.63) is 28.2 Å². The van der Waals surface area contributed by atoms with E-state index < -0.39 is 0 Å². The predicted molar refractivity (Wildman–Crippen MR) is 45.4 cm³/mol. The fourth-order valence-electron chi connectivity index (χ4n) is 1.03. The van der Waals surface area contributed by atoms with E-state index in [9.17, 15) is 9.59 Å². The lowest BCUT2D eigenvalue weighted by molar-refractivity contribution is 0.0877. The van der Waals surface area contributed by atoms with Gasteiger partial charge in [-0.15, -0.1) is 0 Å². The van der Waals surface area contributed by atoms with Crippen LogP contribution in [-0.2, 0) is 7.05 Å². The fraction of sp³-hybridized carbons (Fsp3) is 0.375. The molecule has 0 aliphatic carbocycles. The van der Waals surface area contributed by atoms with Crippen molar-refractivity contribution in [1.29, 1.82) is 0 Å². The Hall–Kier alpha value is -1.65. The maximum Gasteiger partial charge on any atom is 0.274 e. The lowest BCUT2D eigenvalue weighted by Crippen LogP contribution is -2.23. The van der Waals surface area contributed by atoms with Gasteiger partial charge in [-0.1, -0.05) is 0 Å². The van der Waals surface area contributed by atoms with Crippen LogP contribution in [0.4, 0.5) is 0 Å². The highest BCUT2D eigenvalue weighted by atomic mass is 16.2. The van der Waals surface area contributed by atoms with Crippen LogP contribution in [0.5, 0.6) is 0 Å². The zero-order chi connectivity index (χ0) is 9.42. The molecule has 0 bridgehead atoms. The standard InChI is InChI=1S/C8H9N3O2/c1-10-7(12)3-2-6(9-10)8(13)11-4-5-11/h2-3H,4-5H2,1H3. The summed E-state index contributed by atoms with van der Waals surface area (Å²) in [7, 11) is 1.53. The minimum Gasteiger partial charge on any atom is -0.334 e. The van der Waals surface area contributed by atoms with E-state index in [0.29, 0.717) is 5.69 Å². The van der Waals surface area contributed by atoms with Gasteiger partial charge in [0.1, 0.15) is 5.69 Å². The van der Waals surface area contributed by atoms with Gasteiger partial charge in [-0.05, 0) is 6.07 Å². The molecule has 1 aliphatic heterocycles. The summed E-state index contributed by atoms with van der Waals surface area (Å²) in [6.07, 6.45) is 0. The van der Waals surface area contributed by atoms with Crippen molar-refractivity contribution >= 4 is 5.91 Å². The highest BCUT2D eigenvalue weighted by Crippen LogP contribution is 2.08. The van der Waals surface area contributed by atoms with Gasteiger partial charge in [0.15, 0.2) is 0 Å². The molecule has 0 atom stereocenters. The highest BCUT2D eigenvalue weighted by molar-refractivity contribution is 5.93. The smallest absolute Gasteiger partial charge is 0.274 e. The number of hydrogen-bond donors (Lipinski definition) is 0. The molecule has 1 saturated heterocycles. The Labute approximate surface area is 74.6 Å². The maximum absolute atomic E-state index is 11.4. The summed E-state index contributed by atoms with van der Waals surface area (Å²) in [5.41, 5.74) is 0.127. The molecule has 5 nitrogen and oxygen atoms in total. The van der Waals surface area contributed by atoms with E-state index in [2.05, 4.69) is 5.10 Å². The third kappa shape index (κ3) is 1.44. The second-order valence-corrected chi connectivity index (χ2v) is 2.97. The van der Waals surface area contributed by atoms with Crippen molar-refractivity contribution in [3.63, 3.8) is 0 Å². The molecular formula is C8H9N3O2. The molecule has 2 rings (SSSR count). The van der Waals surface area contributed by atoms with Crippen LogP contribution in [0.2, 0.25) is 0 Å². The second kappa shape index (κ2) is 2.69. The lowest BCUT2D eigenvalue weighted by atomic mass is 10.4. The van der Waals surface area contributed by atoms with Crippen LogP contribution in [-0.4, -0.2) is 33.7 Å². The van der Waals surface area contributed by atoms with Crippen molar-refractivity contribution in [2.45, 2.75) is 0 Å². The summed E-state index contributed by atoms with van der Waals surface area (Å²) in [6, 6.07) is 2.81. The molecule has 13 heavy (non-hydrogen) atoms. The van der Waals surface area contributed by atoms with Crippen molar-refractivity contribution in [2.75, 3.05) is 13.1 Å². The first-order valence-electron chi connectivity index (χ1n) is 4.02.